The van der Waals surface area contributed by atoms with Crippen LogP contribution in [0.5, 0.6) is 5.75 Å². The van der Waals surface area contributed by atoms with Crippen molar-refractivity contribution in [2.24, 2.45) is 15.7 Å². The van der Waals surface area contributed by atoms with Crippen molar-refractivity contribution >= 4 is 11.4 Å². The van der Waals surface area contributed by atoms with E-state index >= 15 is 0 Å². The number of hydrogen-bond donors (Lipinski definition) is 1. The van der Waals surface area contributed by atoms with Crippen LogP contribution in [0.15, 0.2) is 76.7 Å². The predicted octanol–water partition coefficient (Wildman–Crippen LogP) is 7.35. The van der Waals surface area contributed by atoms with Crippen molar-refractivity contribution in [1.29, 1.82) is 5.26 Å². The molecule has 6 heteroatoms. The Bertz CT molecular complexity index is 1030. The van der Waals surface area contributed by atoms with Gasteiger partial charge in [-0.25, -0.2) is 4.39 Å². The molecule has 0 aliphatic heterocycles. The highest BCUT2D eigenvalue weighted by Crippen LogP contribution is 2.26. The highest BCUT2D eigenvalue weighted by molar-refractivity contribution is 6.03. The van der Waals surface area contributed by atoms with Crippen molar-refractivity contribution in [2.45, 2.75) is 72.4 Å². The predicted molar refractivity (Wildman–Crippen MR) is 146 cm³/mol. The molecule has 1 unspecified atom stereocenters. The van der Waals surface area contributed by atoms with Gasteiger partial charge in [0.25, 0.3) is 0 Å². The van der Waals surface area contributed by atoms with Crippen LogP contribution in [0.2, 0.25) is 0 Å². The third-order valence-electron chi connectivity index (χ3n) is 5.23. The van der Waals surface area contributed by atoms with Crippen molar-refractivity contribution < 1.29 is 9.13 Å². The number of alkyl halides is 1. The van der Waals surface area contributed by atoms with Crippen LogP contribution in [0.1, 0.15) is 77.3 Å². The first-order valence-electron chi connectivity index (χ1n) is 12.2. The Kier molecular flexibility index (Phi) is 13.9. The highest BCUT2D eigenvalue weighted by atomic mass is 19.1. The van der Waals surface area contributed by atoms with Crippen LogP contribution in [0.4, 0.5) is 4.39 Å². The lowest BCUT2D eigenvalue weighted by Gasteiger charge is -2.14. The smallest absolute Gasteiger partial charge is 0.139 e. The maximum Gasteiger partial charge on any atom is 0.139 e. The van der Waals surface area contributed by atoms with Crippen molar-refractivity contribution in [3.63, 3.8) is 0 Å². The topological polar surface area (TPSA) is 83.8 Å². The Morgan fingerprint density at radius 2 is 1.91 bits per heavy atom. The lowest BCUT2D eigenvalue weighted by molar-refractivity contribution is 0.395. The zero-order valence-electron chi connectivity index (χ0n) is 21.6. The molecule has 0 saturated carbocycles. The van der Waals surface area contributed by atoms with Gasteiger partial charge < -0.3 is 10.5 Å². The van der Waals surface area contributed by atoms with Crippen LogP contribution in [-0.2, 0) is 0 Å². The minimum absolute atomic E-state index is 0.144. The quantitative estimate of drug-likeness (QED) is 0.162. The molecule has 2 N–H and O–H groups in total. The number of allylic oxidation sites excluding steroid dienone is 3. The Hall–Kier alpha value is -3.30. The third-order valence-corrected chi connectivity index (χ3v) is 5.23. The van der Waals surface area contributed by atoms with Crippen molar-refractivity contribution in [2.75, 3.05) is 6.54 Å². The van der Waals surface area contributed by atoms with Gasteiger partial charge in [0.05, 0.1) is 17.3 Å². The summed E-state index contributed by atoms with van der Waals surface area (Å²) in [7, 11) is 0. The standard InChI is InChI=1S/C29H39FN4O/c1-7-10-12-21(4)34-22(5)16-23(6)35-29-17-24(18-31)14-15-26(29)28(13-11-8-2)33-20-25(9-3)27(30)19-32/h9,14-17,20,27H,3,6-8,10-13,19,32H2,1-2,4-5H3/b22-16-,25-20+,33-28+,34-21-. The number of aliphatic imine (C=N–C) groups is 2. The minimum Gasteiger partial charge on any atom is -0.457 e. The monoisotopic (exact) mass is 478 g/mol. The van der Waals surface area contributed by atoms with Crippen molar-refractivity contribution in [3.05, 3.63) is 77.9 Å². The van der Waals surface area contributed by atoms with E-state index in [1.807, 2.05) is 13.8 Å². The van der Waals surface area contributed by atoms with Crippen LogP contribution in [-0.4, -0.2) is 24.1 Å². The third kappa shape index (κ3) is 10.7. The number of nitrogens with zero attached hydrogens (tertiary/aromatic N) is 3. The van der Waals surface area contributed by atoms with Gasteiger partial charge in [-0.15, -0.1) is 0 Å². The molecule has 1 atom stereocenters. The second kappa shape index (κ2) is 16.3. The SMILES string of the molecule is C=C/C(=C\N=C(/CCCC)c1ccc(C#N)cc1OC(=C)/C=C(C)\N=C(\C)CCCC)C(F)CN. The second-order valence-electron chi connectivity index (χ2n) is 8.34. The average molecular weight is 479 g/mol. The maximum atomic E-state index is 14.1. The summed E-state index contributed by atoms with van der Waals surface area (Å²) in [6.45, 7) is 15.7. The molecule has 0 saturated heterocycles. The van der Waals surface area contributed by atoms with E-state index in [0.717, 1.165) is 54.8 Å². The number of unbranched alkanes of at least 4 members (excludes halogenated alkanes) is 2. The van der Waals surface area contributed by atoms with Crippen LogP contribution in [0.3, 0.4) is 0 Å². The zero-order valence-corrected chi connectivity index (χ0v) is 21.6. The largest absolute Gasteiger partial charge is 0.457 e. The molecule has 35 heavy (non-hydrogen) atoms. The van der Waals surface area contributed by atoms with Gasteiger partial charge in [-0.05, 0) is 57.7 Å². The van der Waals surface area contributed by atoms with Gasteiger partial charge >= 0.3 is 0 Å². The Morgan fingerprint density at radius 1 is 1.23 bits per heavy atom. The Labute approximate surface area is 210 Å². The number of ether oxygens (including phenoxy) is 1. The van der Waals surface area contributed by atoms with E-state index in [4.69, 9.17) is 10.5 Å². The highest BCUT2D eigenvalue weighted by Gasteiger charge is 2.14. The number of nitrogens with two attached hydrogens (primary N) is 1. The molecule has 0 amide bonds. The molecule has 0 fully saturated rings. The Morgan fingerprint density at radius 3 is 2.51 bits per heavy atom. The fraction of sp³-hybridized carbons (Fsp3) is 0.414. The first kappa shape index (κ1) is 29.7. The van der Waals surface area contributed by atoms with Gasteiger partial charge in [-0.3, -0.25) is 9.98 Å². The molecule has 0 aliphatic rings. The van der Waals surface area contributed by atoms with Gasteiger partial charge in [-0.2, -0.15) is 5.26 Å². The fourth-order valence-electron chi connectivity index (χ4n) is 3.30. The van der Waals surface area contributed by atoms with Crippen molar-refractivity contribution in [1.82, 2.24) is 0 Å². The molecule has 1 aromatic carbocycles. The fourth-order valence-corrected chi connectivity index (χ4v) is 3.30. The molecular formula is C29H39FN4O. The van der Waals surface area contributed by atoms with Crippen LogP contribution >= 0.6 is 0 Å². The molecule has 0 radical (unpaired) electrons. The van der Waals surface area contributed by atoms with Gasteiger partial charge in [0.1, 0.15) is 17.7 Å². The second-order valence-corrected chi connectivity index (χ2v) is 8.34. The summed E-state index contributed by atoms with van der Waals surface area (Å²) in [5.74, 6) is 0.860. The Balaban J connectivity index is 3.39. The van der Waals surface area contributed by atoms with Gasteiger partial charge in [-0.1, -0.05) is 45.9 Å². The molecule has 0 aliphatic carbocycles. The molecule has 5 nitrogen and oxygen atoms in total. The number of hydrogen-bond acceptors (Lipinski definition) is 5. The lowest BCUT2D eigenvalue weighted by atomic mass is 10.0. The van der Waals surface area contributed by atoms with E-state index in [2.05, 4.69) is 43.1 Å². The molecule has 0 bridgehead atoms. The van der Waals surface area contributed by atoms with Gasteiger partial charge in [0.2, 0.25) is 0 Å². The lowest BCUT2D eigenvalue weighted by Crippen LogP contribution is -2.16. The molecular weight excluding hydrogens is 439 g/mol. The van der Waals surface area contributed by atoms with Gasteiger partial charge in [0.15, 0.2) is 0 Å². The van der Waals surface area contributed by atoms with E-state index in [1.165, 1.54) is 12.3 Å². The van der Waals surface area contributed by atoms with Crippen molar-refractivity contribution in [3.8, 4) is 11.8 Å². The summed E-state index contributed by atoms with van der Waals surface area (Å²) in [4.78, 5) is 9.19. The first-order valence-corrected chi connectivity index (χ1v) is 12.2. The molecule has 0 heterocycles. The molecule has 188 valence electrons. The van der Waals surface area contributed by atoms with E-state index in [0.29, 0.717) is 29.1 Å². The minimum atomic E-state index is -1.34. The van der Waals surface area contributed by atoms with E-state index < -0.39 is 6.17 Å². The summed E-state index contributed by atoms with van der Waals surface area (Å²) in [6.07, 6.45) is 8.98. The summed E-state index contributed by atoms with van der Waals surface area (Å²) in [6, 6.07) is 7.32. The van der Waals surface area contributed by atoms with E-state index in [1.54, 1.807) is 24.3 Å². The van der Waals surface area contributed by atoms with Crippen LogP contribution in [0, 0.1) is 11.3 Å². The summed E-state index contributed by atoms with van der Waals surface area (Å²) in [5, 5.41) is 9.42. The summed E-state index contributed by atoms with van der Waals surface area (Å²) in [5.41, 5.74) is 9.52. The zero-order chi connectivity index (χ0) is 26.2. The number of benzene rings is 1. The average Bonchev–Trinajstić information content (AvgIpc) is 2.84. The first-order chi connectivity index (χ1) is 16.8. The maximum absolute atomic E-state index is 14.1. The van der Waals surface area contributed by atoms with E-state index in [9.17, 15) is 9.65 Å². The molecule has 1 aromatic rings. The van der Waals surface area contributed by atoms with E-state index in [-0.39, 0.29) is 6.54 Å². The summed E-state index contributed by atoms with van der Waals surface area (Å²) < 4.78 is 20.2. The normalized spacial score (nSPS) is 13.9. The summed E-state index contributed by atoms with van der Waals surface area (Å²) >= 11 is 0. The molecule has 0 spiro atoms. The number of nitriles is 1. The number of halogens is 1. The van der Waals surface area contributed by atoms with Crippen LogP contribution < -0.4 is 10.5 Å². The number of rotatable bonds is 15. The van der Waals surface area contributed by atoms with Gasteiger partial charge in [0, 0.05) is 41.4 Å². The van der Waals surface area contributed by atoms with Crippen LogP contribution in [0.25, 0.3) is 0 Å². The molecule has 1 rings (SSSR count). The molecule has 0 aromatic heterocycles.